The molecule has 9 heteroatoms. The van der Waals surface area contributed by atoms with Crippen molar-refractivity contribution in [1.29, 1.82) is 0 Å². The maximum absolute atomic E-state index is 12.9. The Bertz CT molecular complexity index is 886. The fourth-order valence-corrected chi connectivity index (χ4v) is 4.42. The van der Waals surface area contributed by atoms with Gasteiger partial charge in [0.05, 0.1) is 11.3 Å². The average Bonchev–Trinajstić information content (AvgIpc) is 3.45. The van der Waals surface area contributed by atoms with E-state index in [0.717, 1.165) is 56.9 Å². The second kappa shape index (κ2) is 8.01. The Labute approximate surface area is 171 Å². The molecule has 1 aromatic carbocycles. The van der Waals surface area contributed by atoms with Crippen LogP contribution in [-0.4, -0.2) is 39.4 Å². The molecule has 1 aromatic heterocycles. The third-order valence-corrected chi connectivity index (χ3v) is 6.41. The Morgan fingerprint density at radius 1 is 1.17 bits per heavy atom. The highest BCUT2D eigenvalue weighted by Gasteiger charge is 2.33. The van der Waals surface area contributed by atoms with Crippen LogP contribution in [0.1, 0.15) is 54.6 Å². The van der Waals surface area contributed by atoms with Gasteiger partial charge in [-0.3, -0.25) is 9.36 Å². The summed E-state index contributed by atoms with van der Waals surface area (Å²) >= 11 is 1.25. The smallest absolute Gasteiger partial charge is 0.341 e. The van der Waals surface area contributed by atoms with Gasteiger partial charge < -0.3 is 4.90 Å². The zero-order valence-corrected chi connectivity index (χ0v) is 17.0. The Kier molecular flexibility index (Phi) is 5.59. The number of benzene rings is 1. The van der Waals surface area contributed by atoms with Gasteiger partial charge in [0, 0.05) is 24.7 Å². The van der Waals surface area contributed by atoms with E-state index >= 15 is 0 Å². The molecule has 2 heterocycles. The molecule has 0 amide bonds. The highest BCUT2D eigenvalue weighted by atomic mass is 32.2. The molecule has 29 heavy (non-hydrogen) atoms. The monoisotopic (exact) mass is 424 g/mol. The van der Waals surface area contributed by atoms with Crippen molar-refractivity contribution in [3.63, 3.8) is 0 Å². The maximum Gasteiger partial charge on any atom is 0.416 e. The summed E-state index contributed by atoms with van der Waals surface area (Å²) in [7, 11) is 0. The average molecular weight is 424 g/mol. The van der Waals surface area contributed by atoms with Crippen molar-refractivity contribution < 1.29 is 18.0 Å². The molecule has 0 bridgehead atoms. The molecule has 0 spiro atoms. The minimum Gasteiger partial charge on any atom is -0.341 e. The van der Waals surface area contributed by atoms with Crippen molar-refractivity contribution in [3.05, 3.63) is 35.4 Å². The molecule has 0 radical (unpaired) electrons. The molecule has 1 aliphatic carbocycles. The number of rotatable bonds is 6. The fraction of sp³-hybridized carbons (Fsp3) is 0.550. The molecule has 2 aromatic rings. The van der Waals surface area contributed by atoms with E-state index in [-0.39, 0.29) is 17.1 Å². The van der Waals surface area contributed by atoms with E-state index in [1.54, 1.807) is 0 Å². The van der Waals surface area contributed by atoms with Gasteiger partial charge in [0.15, 0.2) is 10.9 Å². The third-order valence-electron chi connectivity index (χ3n) is 5.47. The second-order valence-electron chi connectivity index (χ2n) is 7.84. The molecule has 4 rings (SSSR count). The Balaban J connectivity index is 1.47. The normalized spacial score (nSPS) is 18.3. The van der Waals surface area contributed by atoms with E-state index in [2.05, 4.69) is 26.6 Å². The van der Waals surface area contributed by atoms with Crippen LogP contribution >= 0.6 is 11.8 Å². The molecule has 0 N–H and O–H groups in total. The number of alkyl halides is 3. The standard InChI is InChI=1S/C20H23F3N4OS/c1-13-7-9-26(10-8-13)18-24-25-19(27(18)16-5-6-16)29-12-17(28)14-3-2-4-15(11-14)20(21,22)23/h2-4,11,13,16H,5-10,12H2,1H3. The van der Waals surface area contributed by atoms with Crippen LogP contribution in [0.3, 0.4) is 0 Å². The maximum atomic E-state index is 12.9. The molecule has 0 atom stereocenters. The summed E-state index contributed by atoms with van der Waals surface area (Å²) in [5.74, 6) is 1.25. The largest absolute Gasteiger partial charge is 0.416 e. The van der Waals surface area contributed by atoms with E-state index in [1.165, 1.54) is 23.9 Å². The first-order chi connectivity index (χ1) is 13.8. The Morgan fingerprint density at radius 2 is 1.90 bits per heavy atom. The number of nitrogens with zero attached hydrogens (tertiary/aromatic N) is 4. The number of piperidine rings is 1. The van der Waals surface area contributed by atoms with Gasteiger partial charge in [-0.25, -0.2) is 0 Å². The van der Waals surface area contributed by atoms with Gasteiger partial charge in [0.2, 0.25) is 5.95 Å². The number of thioether (sulfide) groups is 1. The highest BCUT2D eigenvalue weighted by Crippen LogP contribution is 2.41. The third kappa shape index (κ3) is 4.60. The van der Waals surface area contributed by atoms with Crippen LogP contribution < -0.4 is 4.90 Å². The number of Topliss-reactive ketones (excluding diaryl/α,β-unsaturated/α-hetero) is 1. The second-order valence-corrected chi connectivity index (χ2v) is 8.79. The summed E-state index contributed by atoms with van der Waals surface area (Å²) in [6.45, 7) is 4.14. The number of carbonyl (C=O) groups is 1. The summed E-state index contributed by atoms with van der Waals surface area (Å²) in [5, 5.41) is 9.35. The minimum atomic E-state index is -4.46. The number of carbonyl (C=O) groups excluding carboxylic acids is 1. The molecular formula is C20H23F3N4OS. The van der Waals surface area contributed by atoms with Crippen molar-refractivity contribution in [2.24, 2.45) is 5.92 Å². The van der Waals surface area contributed by atoms with Crippen LogP contribution in [0.5, 0.6) is 0 Å². The molecular weight excluding hydrogens is 401 g/mol. The summed E-state index contributed by atoms with van der Waals surface area (Å²) < 4.78 is 40.8. The number of hydrogen-bond acceptors (Lipinski definition) is 5. The minimum absolute atomic E-state index is 0.0310. The van der Waals surface area contributed by atoms with Gasteiger partial charge in [0.25, 0.3) is 0 Å². The number of anilines is 1. The number of ketones is 1. The molecule has 1 aliphatic heterocycles. The van der Waals surface area contributed by atoms with E-state index in [1.807, 2.05) is 0 Å². The first-order valence-corrected chi connectivity index (χ1v) is 10.8. The molecule has 2 aliphatic rings. The summed E-state index contributed by atoms with van der Waals surface area (Å²) in [4.78, 5) is 14.7. The van der Waals surface area contributed by atoms with Gasteiger partial charge >= 0.3 is 6.18 Å². The lowest BCUT2D eigenvalue weighted by molar-refractivity contribution is -0.137. The van der Waals surface area contributed by atoms with Crippen molar-refractivity contribution in [2.45, 2.75) is 50.0 Å². The van der Waals surface area contributed by atoms with Crippen LogP contribution in [0.4, 0.5) is 19.1 Å². The van der Waals surface area contributed by atoms with E-state index in [9.17, 15) is 18.0 Å². The first kappa shape index (κ1) is 20.3. The summed E-state index contributed by atoms with van der Waals surface area (Å²) in [5.41, 5.74) is -0.744. The SMILES string of the molecule is CC1CCN(c2nnc(SCC(=O)c3cccc(C(F)(F)F)c3)n2C2CC2)CC1. The van der Waals surface area contributed by atoms with Crippen LogP contribution in [0.15, 0.2) is 29.4 Å². The quantitative estimate of drug-likeness (QED) is 0.490. The van der Waals surface area contributed by atoms with E-state index in [0.29, 0.717) is 17.1 Å². The number of aromatic nitrogens is 3. The van der Waals surface area contributed by atoms with E-state index < -0.39 is 11.7 Å². The lowest BCUT2D eigenvalue weighted by atomic mass is 10.00. The van der Waals surface area contributed by atoms with Gasteiger partial charge in [-0.1, -0.05) is 30.8 Å². The van der Waals surface area contributed by atoms with Gasteiger partial charge in [-0.15, -0.1) is 10.2 Å². The van der Waals surface area contributed by atoms with Crippen molar-refractivity contribution in [1.82, 2.24) is 14.8 Å². The van der Waals surface area contributed by atoms with Crippen LogP contribution in [-0.2, 0) is 6.18 Å². The van der Waals surface area contributed by atoms with Crippen LogP contribution in [0.25, 0.3) is 0 Å². The molecule has 156 valence electrons. The zero-order chi connectivity index (χ0) is 20.6. The summed E-state index contributed by atoms with van der Waals surface area (Å²) in [6.07, 6.45) is -0.104. The molecule has 0 unspecified atom stereocenters. The summed E-state index contributed by atoms with van der Waals surface area (Å²) in [6, 6.07) is 4.92. The predicted molar refractivity (Wildman–Crippen MR) is 105 cm³/mol. The number of hydrogen-bond donors (Lipinski definition) is 0. The zero-order valence-electron chi connectivity index (χ0n) is 16.2. The fourth-order valence-electron chi connectivity index (χ4n) is 3.53. The Morgan fingerprint density at radius 3 is 2.55 bits per heavy atom. The molecule has 1 saturated carbocycles. The van der Waals surface area contributed by atoms with Gasteiger partial charge in [0.1, 0.15) is 0 Å². The van der Waals surface area contributed by atoms with Crippen molar-refractivity contribution in [2.75, 3.05) is 23.7 Å². The van der Waals surface area contributed by atoms with Crippen LogP contribution in [0, 0.1) is 5.92 Å². The highest BCUT2D eigenvalue weighted by molar-refractivity contribution is 7.99. The van der Waals surface area contributed by atoms with Gasteiger partial charge in [-0.05, 0) is 43.7 Å². The first-order valence-electron chi connectivity index (χ1n) is 9.86. The topological polar surface area (TPSA) is 51.0 Å². The molecule has 1 saturated heterocycles. The molecule has 2 fully saturated rings. The molecule has 5 nitrogen and oxygen atoms in total. The van der Waals surface area contributed by atoms with E-state index in [4.69, 9.17) is 0 Å². The predicted octanol–water partition coefficient (Wildman–Crippen LogP) is 4.84. The Hall–Kier alpha value is -2.03. The van der Waals surface area contributed by atoms with Crippen LogP contribution in [0.2, 0.25) is 0 Å². The van der Waals surface area contributed by atoms with Crippen molar-refractivity contribution in [3.8, 4) is 0 Å². The van der Waals surface area contributed by atoms with Gasteiger partial charge in [-0.2, -0.15) is 13.2 Å². The van der Waals surface area contributed by atoms with Crippen molar-refractivity contribution >= 4 is 23.5 Å². The number of halogens is 3. The lowest BCUT2D eigenvalue weighted by Crippen LogP contribution is -2.34. The lowest BCUT2D eigenvalue weighted by Gasteiger charge is -2.31.